The van der Waals surface area contributed by atoms with Crippen LogP contribution in [-0.4, -0.2) is 38.6 Å². The maximum Gasteiger partial charge on any atom is 0.225 e. The molecule has 9 heteroatoms. The highest BCUT2D eigenvalue weighted by atomic mass is 32.2. The van der Waals surface area contributed by atoms with Crippen LogP contribution in [0, 0.1) is 6.92 Å². The third-order valence-corrected chi connectivity index (χ3v) is 5.10. The zero-order valence-electron chi connectivity index (χ0n) is 14.5. The first-order valence-electron chi connectivity index (χ1n) is 8.27. The van der Waals surface area contributed by atoms with Gasteiger partial charge in [0, 0.05) is 0 Å². The maximum absolute atomic E-state index is 11.7. The molecule has 8 nitrogen and oxygen atoms in total. The molecule has 2 aromatic rings. The summed E-state index contributed by atoms with van der Waals surface area (Å²) in [6.45, 7) is 2.30. The number of aliphatic hydroxyl groups excluding tert-OH is 1. The number of anilines is 3. The molecule has 2 atom stereocenters. The summed E-state index contributed by atoms with van der Waals surface area (Å²) in [5, 5.41) is 16.0. The van der Waals surface area contributed by atoms with E-state index in [9.17, 15) is 13.5 Å². The lowest BCUT2D eigenvalue weighted by Crippen LogP contribution is -2.56. The Morgan fingerprint density at radius 2 is 1.73 bits per heavy atom. The second-order valence-electron chi connectivity index (χ2n) is 6.62. The summed E-state index contributed by atoms with van der Waals surface area (Å²) in [5.41, 5.74) is 6.70. The van der Waals surface area contributed by atoms with Crippen LogP contribution in [0.4, 0.5) is 17.1 Å². The van der Waals surface area contributed by atoms with Crippen molar-refractivity contribution in [3.8, 4) is 0 Å². The van der Waals surface area contributed by atoms with Crippen LogP contribution in [0.15, 0.2) is 48.5 Å². The number of aryl methyl sites for hydroxylation is 1. The summed E-state index contributed by atoms with van der Waals surface area (Å²) in [6, 6.07) is 14.9. The molecule has 138 valence electrons. The molecule has 0 amide bonds. The van der Waals surface area contributed by atoms with Gasteiger partial charge in [0.2, 0.25) is 10.0 Å². The van der Waals surface area contributed by atoms with Gasteiger partial charge >= 0.3 is 0 Å². The fraction of sp³-hybridized carbons (Fsp3) is 0.294. The molecule has 1 fully saturated rings. The van der Waals surface area contributed by atoms with Crippen molar-refractivity contribution in [3.05, 3.63) is 54.1 Å². The molecule has 4 rings (SSSR count). The Morgan fingerprint density at radius 1 is 1.08 bits per heavy atom. The Kier molecular flexibility index (Phi) is 4.03. The van der Waals surface area contributed by atoms with Gasteiger partial charge in [-0.1, -0.05) is 29.8 Å². The van der Waals surface area contributed by atoms with Gasteiger partial charge in [0.15, 0.2) is 6.23 Å². The zero-order chi connectivity index (χ0) is 18.5. The van der Waals surface area contributed by atoms with Crippen molar-refractivity contribution in [3.63, 3.8) is 0 Å². The SMILES string of the molecule is Cc1ccc(N2NN3c4ccccc4N(NS(C)(=O)=O)CC3C2O)cc1. The minimum Gasteiger partial charge on any atom is -0.370 e. The number of hydrogen-bond donors (Lipinski definition) is 3. The molecule has 0 spiro atoms. The first-order valence-corrected chi connectivity index (χ1v) is 10.2. The summed E-state index contributed by atoms with van der Waals surface area (Å²) >= 11 is 0. The van der Waals surface area contributed by atoms with E-state index in [0.29, 0.717) is 6.54 Å². The van der Waals surface area contributed by atoms with Crippen LogP contribution in [-0.2, 0) is 10.0 Å². The van der Waals surface area contributed by atoms with Crippen molar-refractivity contribution in [2.45, 2.75) is 19.2 Å². The van der Waals surface area contributed by atoms with Gasteiger partial charge in [-0.05, 0) is 31.2 Å². The third kappa shape index (κ3) is 2.99. The molecule has 0 aromatic heterocycles. The number of hydrazine groups is 3. The van der Waals surface area contributed by atoms with Crippen molar-refractivity contribution in [2.24, 2.45) is 0 Å². The summed E-state index contributed by atoms with van der Waals surface area (Å²) in [4.78, 5) is 2.53. The van der Waals surface area contributed by atoms with Crippen LogP contribution < -0.4 is 25.4 Å². The molecular weight excluding hydrogens is 354 g/mol. The number of rotatable bonds is 3. The highest BCUT2D eigenvalue weighted by molar-refractivity contribution is 7.88. The average Bonchev–Trinajstić information content (AvgIpc) is 2.92. The number of hydrogen-bond acceptors (Lipinski definition) is 7. The number of aliphatic hydroxyl groups is 1. The van der Waals surface area contributed by atoms with Gasteiger partial charge in [0.05, 0.1) is 29.9 Å². The molecule has 26 heavy (non-hydrogen) atoms. The van der Waals surface area contributed by atoms with E-state index in [0.717, 1.165) is 28.9 Å². The van der Waals surface area contributed by atoms with Crippen molar-refractivity contribution < 1.29 is 13.5 Å². The Morgan fingerprint density at radius 3 is 2.38 bits per heavy atom. The summed E-state index contributed by atoms with van der Waals surface area (Å²) in [7, 11) is -3.44. The molecule has 0 saturated carbocycles. The monoisotopic (exact) mass is 375 g/mol. The topological polar surface area (TPSA) is 88.2 Å². The Bertz CT molecular complexity index is 918. The number of benzene rings is 2. The number of fused-ring (bicyclic) bond motifs is 3. The number of nitrogens with zero attached hydrogens (tertiary/aromatic N) is 3. The molecule has 1 saturated heterocycles. The Balaban J connectivity index is 1.70. The highest BCUT2D eigenvalue weighted by Crippen LogP contribution is 2.38. The normalized spacial score (nSPS) is 22.3. The van der Waals surface area contributed by atoms with Crippen LogP contribution in [0.5, 0.6) is 0 Å². The molecule has 2 unspecified atom stereocenters. The van der Waals surface area contributed by atoms with Crippen molar-refractivity contribution >= 4 is 27.1 Å². The largest absolute Gasteiger partial charge is 0.370 e. The second kappa shape index (κ2) is 6.13. The Labute approximate surface area is 152 Å². The zero-order valence-corrected chi connectivity index (χ0v) is 15.3. The number of nitrogens with one attached hydrogen (secondary N) is 2. The highest BCUT2D eigenvalue weighted by Gasteiger charge is 2.45. The second-order valence-corrected chi connectivity index (χ2v) is 8.35. The standard InChI is InChI=1S/C17H21N5O3S/c1-12-7-9-13(10-8-12)21-17(23)16-11-20(19-26(2,24)25)14-5-3-4-6-15(14)22(16)18-21/h3-10,16-19,23H,11H2,1-2H3. The van der Waals surface area contributed by atoms with Gasteiger partial charge in [-0.3, -0.25) is 15.0 Å². The average molecular weight is 375 g/mol. The molecule has 0 bridgehead atoms. The van der Waals surface area contributed by atoms with Gasteiger partial charge in [0.25, 0.3) is 0 Å². The first-order chi connectivity index (χ1) is 12.3. The van der Waals surface area contributed by atoms with Gasteiger partial charge in [-0.15, -0.1) is 10.4 Å². The fourth-order valence-electron chi connectivity index (χ4n) is 3.35. The van der Waals surface area contributed by atoms with Gasteiger partial charge < -0.3 is 5.11 Å². The lowest BCUT2D eigenvalue weighted by atomic mass is 10.1. The lowest BCUT2D eigenvalue weighted by molar-refractivity contribution is 0.163. The first kappa shape index (κ1) is 17.1. The summed E-state index contributed by atoms with van der Waals surface area (Å²) in [5.74, 6) is 0. The van der Waals surface area contributed by atoms with E-state index in [1.54, 1.807) is 10.0 Å². The predicted octanol–water partition coefficient (Wildman–Crippen LogP) is 0.712. The van der Waals surface area contributed by atoms with E-state index in [-0.39, 0.29) is 6.04 Å². The minimum absolute atomic E-state index is 0.292. The van der Waals surface area contributed by atoms with E-state index >= 15 is 0 Å². The predicted molar refractivity (Wildman–Crippen MR) is 101 cm³/mol. The fourth-order valence-corrected chi connectivity index (χ4v) is 3.92. The minimum atomic E-state index is -3.44. The van der Waals surface area contributed by atoms with Crippen LogP contribution >= 0.6 is 0 Å². The van der Waals surface area contributed by atoms with E-state index in [1.165, 1.54) is 0 Å². The van der Waals surface area contributed by atoms with Gasteiger partial charge in [0.1, 0.15) is 6.04 Å². The molecule has 3 N–H and O–H groups in total. The molecule has 2 aromatic carbocycles. The van der Waals surface area contributed by atoms with Gasteiger partial charge in [-0.2, -0.15) is 0 Å². The van der Waals surface area contributed by atoms with Crippen LogP contribution in [0.1, 0.15) is 5.56 Å². The molecule has 2 aliphatic heterocycles. The maximum atomic E-state index is 11.7. The third-order valence-electron chi connectivity index (χ3n) is 4.55. The Hall–Kier alpha value is -2.33. The smallest absolute Gasteiger partial charge is 0.225 e. The number of para-hydroxylation sites is 2. The quantitative estimate of drug-likeness (QED) is 0.728. The molecular formula is C17H21N5O3S. The van der Waals surface area contributed by atoms with E-state index in [2.05, 4.69) is 10.4 Å². The van der Waals surface area contributed by atoms with E-state index in [4.69, 9.17) is 0 Å². The summed E-state index contributed by atoms with van der Waals surface area (Å²) in [6.07, 6.45) is 0.263. The lowest BCUT2D eigenvalue weighted by Gasteiger charge is -2.39. The molecule has 0 radical (unpaired) electrons. The van der Waals surface area contributed by atoms with Crippen LogP contribution in [0.2, 0.25) is 0 Å². The van der Waals surface area contributed by atoms with Crippen molar-refractivity contribution in [2.75, 3.05) is 27.8 Å². The van der Waals surface area contributed by atoms with Crippen LogP contribution in [0.3, 0.4) is 0 Å². The molecule has 0 aliphatic carbocycles. The molecule has 2 aliphatic rings. The molecule has 2 heterocycles. The van der Waals surface area contributed by atoms with Crippen LogP contribution in [0.25, 0.3) is 0 Å². The number of sulfonamides is 1. The van der Waals surface area contributed by atoms with Crippen molar-refractivity contribution in [1.29, 1.82) is 0 Å². The van der Waals surface area contributed by atoms with Crippen molar-refractivity contribution in [1.82, 2.24) is 10.4 Å². The van der Waals surface area contributed by atoms with E-state index < -0.39 is 16.3 Å². The summed E-state index contributed by atoms with van der Waals surface area (Å²) < 4.78 is 23.5. The van der Waals surface area contributed by atoms with Gasteiger partial charge in [-0.25, -0.2) is 8.42 Å². The van der Waals surface area contributed by atoms with E-state index in [1.807, 2.05) is 60.5 Å².